The highest BCUT2D eigenvalue weighted by Crippen LogP contribution is 2.22. The summed E-state index contributed by atoms with van der Waals surface area (Å²) in [6, 6.07) is 11.2. The average molecular weight is 211 g/mol. The summed E-state index contributed by atoms with van der Waals surface area (Å²) in [6.45, 7) is 1.76. The number of rotatable bonds is 1. The van der Waals surface area contributed by atoms with Crippen molar-refractivity contribution in [3.63, 3.8) is 0 Å². The van der Waals surface area contributed by atoms with Crippen molar-refractivity contribution in [1.82, 2.24) is 10.2 Å². The predicted molar refractivity (Wildman–Crippen MR) is 59.7 cm³/mol. The van der Waals surface area contributed by atoms with Crippen LogP contribution in [0.3, 0.4) is 0 Å². The van der Waals surface area contributed by atoms with Crippen LogP contribution in [-0.4, -0.2) is 10.2 Å². The number of nitrogens with zero attached hydrogens (tertiary/aromatic N) is 2. The van der Waals surface area contributed by atoms with E-state index in [-0.39, 0.29) is 5.56 Å². The maximum absolute atomic E-state index is 11.5. The molecule has 0 bridgehead atoms. The van der Waals surface area contributed by atoms with Crippen molar-refractivity contribution in [3.8, 4) is 17.2 Å². The van der Waals surface area contributed by atoms with E-state index in [1.54, 1.807) is 6.92 Å². The van der Waals surface area contributed by atoms with Crippen molar-refractivity contribution in [3.05, 3.63) is 51.9 Å². The molecule has 0 saturated carbocycles. The molecule has 0 aliphatic heterocycles. The zero-order chi connectivity index (χ0) is 11.5. The Balaban J connectivity index is 2.80. The maximum atomic E-state index is 11.5. The fourth-order valence-corrected chi connectivity index (χ4v) is 1.61. The zero-order valence-electron chi connectivity index (χ0n) is 8.69. The van der Waals surface area contributed by atoms with Gasteiger partial charge in [-0.3, -0.25) is 4.79 Å². The lowest BCUT2D eigenvalue weighted by Gasteiger charge is -2.05. The molecule has 1 N–H and O–H groups in total. The first kappa shape index (κ1) is 10.1. The van der Waals surface area contributed by atoms with Gasteiger partial charge in [-0.25, -0.2) is 5.10 Å². The van der Waals surface area contributed by atoms with Crippen LogP contribution in [0, 0.1) is 18.3 Å². The summed E-state index contributed by atoms with van der Waals surface area (Å²) in [6.07, 6.45) is 0. The molecule has 1 aromatic carbocycles. The lowest BCUT2D eigenvalue weighted by Crippen LogP contribution is -2.15. The first-order valence-corrected chi connectivity index (χ1v) is 4.79. The SMILES string of the molecule is Cc1n[nH]c(=O)c(C#N)c1-c1ccccc1. The van der Waals surface area contributed by atoms with Gasteiger partial charge in [0.25, 0.3) is 5.56 Å². The third kappa shape index (κ3) is 1.59. The van der Waals surface area contributed by atoms with E-state index in [4.69, 9.17) is 5.26 Å². The summed E-state index contributed by atoms with van der Waals surface area (Å²) < 4.78 is 0. The Hall–Kier alpha value is -2.41. The number of H-pyrrole nitrogens is 1. The minimum absolute atomic E-state index is 0.110. The minimum atomic E-state index is -0.452. The number of benzene rings is 1. The van der Waals surface area contributed by atoms with Crippen molar-refractivity contribution in [2.75, 3.05) is 0 Å². The molecule has 0 spiro atoms. The van der Waals surface area contributed by atoms with Gasteiger partial charge in [0.15, 0.2) is 0 Å². The summed E-state index contributed by atoms with van der Waals surface area (Å²) in [5.74, 6) is 0. The zero-order valence-corrected chi connectivity index (χ0v) is 8.69. The van der Waals surface area contributed by atoms with Crippen molar-refractivity contribution < 1.29 is 0 Å². The molecular weight excluding hydrogens is 202 g/mol. The molecule has 78 valence electrons. The molecule has 16 heavy (non-hydrogen) atoms. The van der Waals surface area contributed by atoms with Crippen molar-refractivity contribution in [2.45, 2.75) is 6.92 Å². The molecule has 1 aromatic heterocycles. The van der Waals surface area contributed by atoms with E-state index in [0.29, 0.717) is 11.3 Å². The molecule has 0 amide bonds. The second kappa shape index (κ2) is 3.99. The number of nitriles is 1. The number of hydrogen-bond donors (Lipinski definition) is 1. The van der Waals surface area contributed by atoms with Gasteiger partial charge < -0.3 is 0 Å². The second-order valence-corrected chi connectivity index (χ2v) is 3.37. The van der Waals surface area contributed by atoms with Gasteiger partial charge in [0, 0.05) is 5.56 Å². The molecule has 0 unspecified atom stereocenters. The summed E-state index contributed by atoms with van der Waals surface area (Å²) in [4.78, 5) is 11.5. The number of aromatic amines is 1. The summed E-state index contributed by atoms with van der Waals surface area (Å²) in [7, 11) is 0. The van der Waals surface area contributed by atoms with Crippen LogP contribution in [0.4, 0.5) is 0 Å². The molecule has 0 radical (unpaired) electrons. The molecule has 0 fully saturated rings. The van der Waals surface area contributed by atoms with E-state index in [0.717, 1.165) is 5.56 Å². The minimum Gasteiger partial charge on any atom is -0.266 e. The molecular formula is C12H9N3O. The van der Waals surface area contributed by atoms with Crippen LogP contribution in [0.1, 0.15) is 11.3 Å². The van der Waals surface area contributed by atoms with Crippen LogP contribution >= 0.6 is 0 Å². The van der Waals surface area contributed by atoms with E-state index in [1.165, 1.54) is 0 Å². The van der Waals surface area contributed by atoms with Gasteiger partial charge >= 0.3 is 0 Å². The average Bonchev–Trinajstić information content (AvgIpc) is 2.33. The van der Waals surface area contributed by atoms with E-state index in [9.17, 15) is 4.79 Å². The van der Waals surface area contributed by atoms with Gasteiger partial charge in [0.2, 0.25) is 0 Å². The number of aryl methyl sites for hydroxylation is 1. The largest absolute Gasteiger partial charge is 0.282 e. The number of nitrogens with one attached hydrogen (secondary N) is 1. The second-order valence-electron chi connectivity index (χ2n) is 3.37. The molecule has 2 aromatic rings. The maximum Gasteiger partial charge on any atom is 0.282 e. The first-order chi connectivity index (χ1) is 7.74. The Morgan fingerprint density at radius 1 is 1.31 bits per heavy atom. The Morgan fingerprint density at radius 3 is 2.62 bits per heavy atom. The van der Waals surface area contributed by atoms with Crippen LogP contribution in [0.2, 0.25) is 0 Å². The molecule has 1 heterocycles. The van der Waals surface area contributed by atoms with Crippen molar-refractivity contribution >= 4 is 0 Å². The van der Waals surface area contributed by atoms with Gasteiger partial charge in [-0.05, 0) is 12.5 Å². The topological polar surface area (TPSA) is 69.5 Å². The highest BCUT2D eigenvalue weighted by atomic mass is 16.1. The Kier molecular flexibility index (Phi) is 2.52. The molecule has 0 atom stereocenters. The van der Waals surface area contributed by atoms with Crippen LogP contribution < -0.4 is 5.56 Å². The number of hydrogen-bond acceptors (Lipinski definition) is 3. The van der Waals surface area contributed by atoms with Crippen molar-refractivity contribution in [2.24, 2.45) is 0 Å². The Labute approximate surface area is 92.2 Å². The van der Waals surface area contributed by atoms with Crippen molar-refractivity contribution in [1.29, 1.82) is 5.26 Å². The van der Waals surface area contributed by atoms with Gasteiger partial charge in [0.1, 0.15) is 11.6 Å². The highest BCUT2D eigenvalue weighted by Gasteiger charge is 2.12. The molecule has 2 rings (SSSR count). The fraction of sp³-hybridized carbons (Fsp3) is 0.0833. The third-order valence-electron chi connectivity index (χ3n) is 2.34. The van der Waals surface area contributed by atoms with Crippen LogP contribution in [0.15, 0.2) is 35.1 Å². The Morgan fingerprint density at radius 2 is 2.00 bits per heavy atom. The standard InChI is InChI=1S/C12H9N3O/c1-8-11(9-5-3-2-4-6-9)10(7-13)12(16)15-14-8/h2-6H,1H3,(H,15,16). The number of aromatic nitrogens is 2. The van der Waals surface area contributed by atoms with Gasteiger partial charge in [-0.2, -0.15) is 10.4 Å². The monoisotopic (exact) mass is 211 g/mol. The normalized spacial score (nSPS) is 9.75. The molecule has 0 aliphatic rings. The van der Waals surface area contributed by atoms with Crippen LogP contribution in [-0.2, 0) is 0 Å². The van der Waals surface area contributed by atoms with E-state index < -0.39 is 5.56 Å². The molecule has 0 aliphatic carbocycles. The molecule has 0 saturated heterocycles. The van der Waals surface area contributed by atoms with Crippen LogP contribution in [0.25, 0.3) is 11.1 Å². The summed E-state index contributed by atoms with van der Waals surface area (Å²) in [5, 5.41) is 15.2. The smallest absolute Gasteiger partial charge is 0.266 e. The highest BCUT2D eigenvalue weighted by molar-refractivity contribution is 5.71. The van der Waals surface area contributed by atoms with Crippen LogP contribution in [0.5, 0.6) is 0 Å². The van der Waals surface area contributed by atoms with Gasteiger partial charge in [0.05, 0.1) is 5.69 Å². The van der Waals surface area contributed by atoms with E-state index in [1.807, 2.05) is 36.4 Å². The Bertz CT molecular complexity index is 608. The van der Waals surface area contributed by atoms with Gasteiger partial charge in [-0.1, -0.05) is 30.3 Å². The van der Waals surface area contributed by atoms with E-state index >= 15 is 0 Å². The molecule has 4 heteroatoms. The molecule has 4 nitrogen and oxygen atoms in total. The lowest BCUT2D eigenvalue weighted by molar-refractivity contribution is 0.942. The lowest BCUT2D eigenvalue weighted by atomic mass is 10.0. The quantitative estimate of drug-likeness (QED) is 0.779. The summed E-state index contributed by atoms with van der Waals surface area (Å²) in [5.41, 5.74) is 1.73. The van der Waals surface area contributed by atoms with Gasteiger partial charge in [-0.15, -0.1) is 0 Å². The fourth-order valence-electron chi connectivity index (χ4n) is 1.61. The van der Waals surface area contributed by atoms with E-state index in [2.05, 4.69) is 10.2 Å². The first-order valence-electron chi connectivity index (χ1n) is 4.79. The predicted octanol–water partition coefficient (Wildman–Crippen LogP) is 1.62. The third-order valence-corrected chi connectivity index (χ3v) is 2.34. The summed E-state index contributed by atoms with van der Waals surface area (Å²) >= 11 is 0.